The topological polar surface area (TPSA) is 160 Å². The molecule has 1 aromatic heterocycles. The number of hydrogen-bond acceptors (Lipinski definition) is 7. The van der Waals surface area contributed by atoms with Crippen molar-refractivity contribution in [1.82, 2.24) is 9.55 Å². The summed E-state index contributed by atoms with van der Waals surface area (Å²) in [5.41, 5.74) is 5.59. The molecule has 0 amide bonds. The van der Waals surface area contributed by atoms with Gasteiger partial charge in [0.25, 0.3) is 0 Å². The molecule has 0 aliphatic carbocycles. The number of nitrogens with zero attached hydrogens (tertiary/aromatic N) is 2. The highest BCUT2D eigenvalue weighted by molar-refractivity contribution is 7.46. The van der Waals surface area contributed by atoms with E-state index in [4.69, 9.17) is 20.3 Å². The van der Waals surface area contributed by atoms with E-state index in [1.165, 1.54) is 17.1 Å². The number of imidazole rings is 1. The van der Waals surface area contributed by atoms with Crippen molar-refractivity contribution in [2.24, 2.45) is 0 Å². The Morgan fingerprint density at radius 1 is 1.47 bits per heavy atom. The van der Waals surface area contributed by atoms with Gasteiger partial charge in [-0.15, -0.1) is 0 Å². The highest BCUT2D eigenvalue weighted by atomic mass is 31.2. The van der Waals surface area contributed by atoms with Crippen molar-refractivity contribution in [3.63, 3.8) is 0 Å². The molecule has 6 N–H and O–H groups in total. The molecule has 1 aliphatic rings. The van der Waals surface area contributed by atoms with Gasteiger partial charge >= 0.3 is 7.82 Å². The van der Waals surface area contributed by atoms with Gasteiger partial charge in [-0.1, -0.05) is 0 Å². The van der Waals surface area contributed by atoms with Crippen LogP contribution in [0.25, 0.3) is 0 Å². The van der Waals surface area contributed by atoms with E-state index in [1.807, 2.05) is 0 Å². The second-order valence-electron chi connectivity index (χ2n) is 4.06. The third-order valence-corrected chi connectivity index (χ3v) is 3.20. The zero-order chi connectivity index (χ0) is 14.2. The number of aliphatic hydroxyl groups excluding tert-OH is 2. The zero-order valence-corrected chi connectivity index (χ0v) is 10.5. The molecular weight excluding hydrogens is 281 g/mol. The lowest BCUT2D eigenvalue weighted by molar-refractivity contribution is -0.0510. The summed E-state index contributed by atoms with van der Waals surface area (Å²) in [5.74, 6) is 0.216. The molecule has 19 heavy (non-hydrogen) atoms. The minimum Gasteiger partial charge on any atom is -0.387 e. The average Bonchev–Trinajstić information content (AvgIpc) is 2.83. The van der Waals surface area contributed by atoms with Crippen molar-refractivity contribution in [3.05, 3.63) is 12.5 Å². The van der Waals surface area contributed by atoms with Crippen molar-refractivity contribution >= 4 is 13.6 Å². The third-order valence-electron chi connectivity index (χ3n) is 2.71. The molecule has 2 rings (SSSR count). The van der Waals surface area contributed by atoms with E-state index in [-0.39, 0.29) is 5.82 Å². The van der Waals surface area contributed by atoms with E-state index in [0.717, 1.165) is 0 Å². The minimum absolute atomic E-state index is 0.216. The van der Waals surface area contributed by atoms with Crippen LogP contribution in [0.4, 0.5) is 5.82 Å². The standard InChI is InChI=1S/C8H14N3O7P/c9-5-1-10-3-11(5)8-7(13)6(12)4(18-8)2-17-19(14,15)16/h1,3-4,6-8,12-13H,2,9H2,(H2,14,15,16). The molecule has 1 aliphatic heterocycles. The zero-order valence-electron chi connectivity index (χ0n) is 9.60. The van der Waals surface area contributed by atoms with Crippen molar-refractivity contribution < 1.29 is 33.8 Å². The maximum Gasteiger partial charge on any atom is 0.469 e. The van der Waals surface area contributed by atoms with Gasteiger partial charge in [-0.3, -0.25) is 9.09 Å². The Morgan fingerprint density at radius 3 is 2.68 bits per heavy atom. The number of phosphoric acid groups is 1. The Bertz CT molecular complexity index is 488. The van der Waals surface area contributed by atoms with Crippen LogP contribution in [0.2, 0.25) is 0 Å². The van der Waals surface area contributed by atoms with Gasteiger partial charge in [0.1, 0.15) is 24.1 Å². The molecule has 1 aromatic rings. The van der Waals surface area contributed by atoms with Crippen molar-refractivity contribution in [2.45, 2.75) is 24.5 Å². The fourth-order valence-electron chi connectivity index (χ4n) is 1.79. The second kappa shape index (κ2) is 5.17. The van der Waals surface area contributed by atoms with Crippen LogP contribution in [0.3, 0.4) is 0 Å². The largest absolute Gasteiger partial charge is 0.469 e. The van der Waals surface area contributed by atoms with E-state index in [1.54, 1.807) is 0 Å². The SMILES string of the molecule is Nc1cncn1C1OC(COP(=O)(O)O)C(O)C1O. The third kappa shape index (κ3) is 3.12. The molecule has 4 atom stereocenters. The summed E-state index contributed by atoms with van der Waals surface area (Å²) in [7, 11) is -4.67. The van der Waals surface area contributed by atoms with Gasteiger partial charge in [-0.25, -0.2) is 9.55 Å². The van der Waals surface area contributed by atoms with E-state index in [2.05, 4.69) is 9.51 Å². The quantitative estimate of drug-likeness (QED) is 0.403. The molecule has 4 unspecified atom stereocenters. The molecule has 0 saturated carbocycles. The van der Waals surface area contributed by atoms with Crippen LogP contribution in [0.1, 0.15) is 6.23 Å². The van der Waals surface area contributed by atoms with Crippen molar-refractivity contribution in [2.75, 3.05) is 12.3 Å². The molecular formula is C8H14N3O7P. The first-order valence-electron chi connectivity index (χ1n) is 5.28. The molecule has 0 spiro atoms. The molecule has 1 fully saturated rings. The van der Waals surface area contributed by atoms with E-state index >= 15 is 0 Å². The summed E-state index contributed by atoms with van der Waals surface area (Å²) in [6.45, 7) is -0.562. The lowest BCUT2D eigenvalue weighted by Crippen LogP contribution is -2.33. The van der Waals surface area contributed by atoms with Crippen LogP contribution in [0.15, 0.2) is 12.5 Å². The van der Waals surface area contributed by atoms with Gasteiger partial charge in [-0.2, -0.15) is 0 Å². The van der Waals surface area contributed by atoms with Gasteiger partial charge in [-0.05, 0) is 0 Å². The summed E-state index contributed by atoms with van der Waals surface area (Å²) >= 11 is 0. The highest BCUT2D eigenvalue weighted by Gasteiger charge is 2.44. The number of anilines is 1. The molecule has 0 aromatic carbocycles. The van der Waals surface area contributed by atoms with Gasteiger partial charge in [0.15, 0.2) is 6.23 Å². The fourth-order valence-corrected chi connectivity index (χ4v) is 2.14. The molecule has 10 nitrogen and oxygen atoms in total. The van der Waals surface area contributed by atoms with Gasteiger partial charge in [0, 0.05) is 0 Å². The number of nitrogen functional groups attached to an aromatic ring is 1. The van der Waals surface area contributed by atoms with Gasteiger partial charge in [0.05, 0.1) is 19.1 Å². The van der Waals surface area contributed by atoms with Crippen molar-refractivity contribution in [1.29, 1.82) is 0 Å². The second-order valence-corrected chi connectivity index (χ2v) is 5.30. The van der Waals surface area contributed by atoms with Gasteiger partial charge < -0.3 is 30.5 Å². The maximum absolute atomic E-state index is 10.6. The molecule has 2 heterocycles. The average molecular weight is 295 g/mol. The Balaban J connectivity index is 2.07. The Labute approximate surface area is 107 Å². The van der Waals surface area contributed by atoms with Crippen LogP contribution in [0, 0.1) is 0 Å². The summed E-state index contributed by atoms with van der Waals surface area (Å²) < 4.78 is 21.4. The van der Waals surface area contributed by atoms with Crippen LogP contribution < -0.4 is 5.73 Å². The number of ether oxygens (including phenoxy) is 1. The van der Waals surface area contributed by atoms with E-state index in [9.17, 15) is 14.8 Å². The van der Waals surface area contributed by atoms with Gasteiger partial charge in [0.2, 0.25) is 0 Å². The molecule has 108 valence electrons. The van der Waals surface area contributed by atoms with Crippen LogP contribution in [-0.4, -0.2) is 54.5 Å². The smallest absolute Gasteiger partial charge is 0.387 e. The number of hydrogen-bond donors (Lipinski definition) is 5. The van der Waals surface area contributed by atoms with E-state index < -0.39 is 39.0 Å². The number of nitrogens with two attached hydrogens (primary N) is 1. The number of rotatable bonds is 4. The first-order chi connectivity index (χ1) is 8.79. The molecule has 0 bridgehead atoms. The number of phosphoric ester groups is 1. The van der Waals surface area contributed by atoms with E-state index in [0.29, 0.717) is 0 Å². The Kier molecular flexibility index (Phi) is 3.92. The lowest BCUT2D eigenvalue weighted by Gasteiger charge is -2.17. The van der Waals surface area contributed by atoms with Crippen LogP contribution >= 0.6 is 7.82 Å². The van der Waals surface area contributed by atoms with Crippen LogP contribution in [-0.2, 0) is 13.8 Å². The first-order valence-corrected chi connectivity index (χ1v) is 6.81. The summed E-state index contributed by atoms with van der Waals surface area (Å²) in [6, 6.07) is 0. The lowest BCUT2D eigenvalue weighted by atomic mass is 10.1. The summed E-state index contributed by atoms with van der Waals surface area (Å²) in [4.78, 5) is 20.9. The Morgan fingerprint density at radius 2 is 2.16 bits per heavy atom. The normalized spacial score (nSPS) is 31.8. The monoisotopic (exact) mass is 295 g/mol. The Hall–Kier alpha value is -1.00. The maximum atomic E-state index is 10.6. The fraction of sp³-hybridized carbons (Fsp3) is 0.625. The summed E-state index contributed by atoms with van der Waals surface area (Å²) in [6.07, 6.45) is -2.12. The molecule has 11 heteroatoms. The molecule has 1 saturated heterocycles. The van der Waals surface area contributed by atoms with Crippen LogP contribution in [0.5, 0.6) is 0 Å². The summed E-state index contributed by atoms with van der Waals surface area (Å²) in [5, 5.41) is 19.6. The number of aromatic nitrogens is 2. The number of aliphatic hydroxyl groups is 2. The van der Waals surface area contributed by atoms with Crippen molar-refractivity contribution in [3.8, 4) is 0 Å². The predicted molar refractivity (Wildman–Crippen MR) is 60.6 cm³/mol. The minimum atomic E-state index is -4.67. The molecule has 0 radical (unpaired) electrons. The highest BCUT2D eigenvalue weighted by Crippen LogP contribution is 2.38. The first kappa shape index (κ1) is 14.4. The predicted octanol–water partition coefficient (Wildman–Crippen LogP) is -1.81.